The Labute approximate surface area is 103 Å². The molecule has 4 heteroatoms. The minimum Gasteiger partial charge on any atom is -0.460 e. The molecule has 0 radical (unpaired) electrons. The van der Waals surface area contributed by atoms with Crippen molar-refractivity contribution in [3.8, 4) is 6.01 Å². The molecule has 0 saturated carbocycles. The number of nitrogens with zero attached hydrogens (tertiary/aromatic N) is 2. The van der Waals surface area contributed by atoms with Gasteiger partial charge >= 0.3 is 6.01 Å². The van der Waals surface area contributed by atoms with Crippen LogP contribution in [-0.4, -0.2) is 29.2 Å². The van der Waals surface area contributed by atoms with Crippen molar-refractivity contribution in [3.63, 3.8) is 0 Å². The molecule has 1 N–H and O–H groups in total. The van der Waals surface area contributed by atoms with Crippen molar-refractivity contribution in [2.45, 2.75) is 39.2 Å². The van der Waals surface area contributed by atoms with Crippen LogP contribution in [0.5, 0.6) is 6.01 Å². The van der Waals surface area contributed by atoms with Crippen molar-refractivity contribution < 1.29 is 4.74 Å². The molecular formula is C13H21N3O. The van der Waals surface area contributed by atoms with Gasteiger partial charge in [0.15, 0.2) is 0 Å². The first-order valence-corrected chi connectivity index (χ1v) is 6.48. The average molecular weight is 235 g/mol. The molecular weight excluding hydrogens is 214 g/mol. The smallest absolute Gasteiger partial charge is 0.316 e. The third-order valence-corrected chi connectivity index (χ3v) is 3.18. The molecule has 1 saturated heterocycles. The largest absolute Gasteiger partial charge is 0.460 e. The van der Waals surface area contributed by atoms with Gasteiger partial charge in [-0.15, -0.1) is 0 Å². The average Bonchev–Trinajstić information content (AvgIpc) is 2.35. The maximum absolute atomic E-state index is 5.84. The highest BCUT2D eigenvalue weighted by Crippen LogP contribution is 2.16. The van der Waals surface area contributed by atoms with Gasteiger partial charge in [-0.1, -0.05) is 20.3 Å². The third-order valence-electron chi connectivity index (χ3n) is 3.18. The number of piperidine rings is 1. The highest BCUT2D eigenvalue weighted by Gasteiger charge is 2.23. The van der Waals surface area contributed by atoms with Gasteiger partial charge in [0.05, 0.1) is 0 Å². The molecule has 1 fully saturated rings. The van der Waals surface area contributed by atoms with Crippen LogP contribution in [0, 0.1) is 5.92 Å². The zero-order valence-electron chi connectivity index (χ0n) is 10.6. The van der Waals surface area contributed by atoms with Gasteiger partial charge in [0, 0.05) is 24.9 Å². The van der Waals surface area contributed by atoms with Crippen LogP contribution in [0.3, 0.4) is 0 Å². The van der Waals surface area contributed by atoms with Crippen LogP contribution >= 0.6 is 0 Å². The lowest BCUT2D eigenvalue weighted by atomic mass is 9.98. The molecule has 17 heavy (non-hydrogen) atoms. The number of nitrogens with one attached hydrogen (secondary N) is 1. The summed E-state index contributed by atoms with van der Waals surface area (Å²) in [5.74, 6) is 0.516. The Kier molecular flexibility index (Phi) is 4.31. The number of ether oxygens (including phenoxy) is 1. The summed E-state index contributed by atoms with van der Waals surface area (Å²) < 4.78 is 5.84. The van der Waals surface area contributed by atoms with Crippen LogP contribution in [0.1, 0.15) is 32.3 Å². The topological polar surface area (TPSA) is 47.0 Å². The van der Waals surface area contributed by atoms with Gasteiger partial charge in [-0.25, -0.2) is 9.97 Å². The van der Waals surface area contributed by atoms with E-state index in [1.165, 1.54) is 5.56 Å². The zero-order chi connectivity index (χ0) is 12.1. The fourth-order valence-corrected chi connectivity index (χ4v) is 2.12. The Hall–Kier alpha value is -1.16. The Morgan fingerprint density at radius 3 is 2.82 bits per heavy atom. The summed E-state index contributed by atoms with van der Waals surface area (Å²) in [6.07, 6.45) is 7.17. The Bertz CT molecular complexity index is 339. The quantitative estimate of drug-likeness (QED) is 0.864. The molecule has 0 aromatic carbocycles. The third kappa shape index (κ3) is 3.40. The first-order chi connectivity index (χ1) is 8.29. The molecule has 0 aliphatic carbocycles. The first-order valence-electron chi connectivity index (χ1n) is 6.48. The summed E-state index contributed by atoms with van der Waals surface area (Å²) in [5, 5.41) is 3.36. The van der Waals surface area contributed by atoms with E-state index in [-0.39, 0.29) is 6.10 Å². The summed E-state index contributed by atoms with van der Waals surface area (Å²) in [6, 6.07) is 0.517. The highest BCUT2D eigenvalue weighted by molar-refractivity contribution is 5.07. The molecule has 0 unspecified atom stereocenters. The summed E-state index contributed by atoms with van der Waals surface area (Å²) in [6.45, 7) is 6.38. The van der Waals surface area contributed by atoms with Crippen LogP contribution in [0.15, 0.2) is 12.4 Å². The van der Waals surface area contributed by atoms with E-state index in [4.69, 9.17) is 4.74 Å². The molecule has 2 heterocycles. The minimum absolute atomic E-state index is 0.244. The van der Waals surface area contributed by atoms with Gasteiger partial charge in [0.25, 0.3) is 0 Å². The Morgan fingerprint density at radius 2 is 2.18 bits per heavy atom. The van der Waals surface area contributed by atoms with Crippen LogP contribution in [-0.2, 0) is 6.42 Å². The molecule has 1 aromatic rings. The fourth-order valence-electron chi connectivity index (χ4n) is 2.12. The van der Waals surface area contributed by atoms with Crippen molar-refractivity contribution in [2.75, 3.05) is 13.1 Å². The normalized spacial score (nSPS) is 24.6. The summed E-state index contributed by atoms with van der Waals surface area (Å²) >= 11 is 0. The van der Waals surface area contributed by atoms with E-state index < -0.39 is 0 Å². The maximum atomic E-state index is 5.84. The fraction of sp³-hybridized carbons (Fsp3) is 0.692. The van der Waals surface area contributed by atoms with E-state index in [9.17, 15) is 0 Å². The number of aryl methyl sites for hydroxylation is 1. The van der Waals surface area contributed by atoms with Crippen molar-refractivity contribution in [1.82, 2.24) is 15.3 Å². The zero-order valence-corrected chi connectivity index (χ0v) is 10.6. The van der Waals surface area contributed by atoms with E-state index in [1.54, 1.807) is 0 Å². The summed E-state index contributed by atoms with van der Waals surface area (Å²) in [4.78, 5) is 8.54. The monoisotopic (exact) mass is 235 g/mol. The van der Waals surface area contributed by atoms with Gasteiger partial charge in [-0.2, -0.15) is 0 Å². The molecule has 0 amide bonds. The second-order valence-corrected chi connectivity index (χ2v) is 4.75. The van der Waals surface area contributed by atoms with Crippen LogP contribution in [0.4, 0.5) is 0 Å². The summed E-state index contributed by atoms with van der Waals surface area (Å²) in [7, 11) is 0. The lowest BCUT2D eigenvalue weighted by molar-refractivity contribution is 0.101. The molecule has 1 aromatic heterocycles. The van der Waals surface area contributed by atoms with Crippen LogP contribution in [0.25, 0.3) is 0 Å². The van der Waals surface area contributed by atoms with Gasteiger partial charge in [0.2, 0.25) is 0 Å². The van der Waals surface area contributed by atoms with Gasteiger partial charge in [-0.05, 0) is 24.9 Å². The standard InChI is InChI=1S/C13H21N3O/c1-3-4-11-8-15-13(16-9-11)17-12-5-6-14-7-10(12)2/h8-10,12,14H,3-7H2,1-2H3/t10-,12+/m1/s1. The minimum atomic E-state index is 0.244. The van der Waals surface area contributed by atoms with Crippen molar-refractivity contribution in [3.05, 3.63) is 18.0 Å². The van der Waals surface area contributed by atoms with Crippen LogP contribution in [0.2, 0.25) is 0 Å². The molecule has 2 rings (SSSR count). The van der Waals surface area contributed by atoms with E-state index >= 15 is 0 Å². The summed E-state index contributed by atoms with van der Waals surface area (Å²) in [5.41, 5.74) is 1.18. The second-order valence-electron chi connectivity index (χ2n) is 4.75. The van der Waals surface area contributed by atoms with Gasteiger partial charge in [0.1, 0.15) is 6.10 Å². The Morgan fingerprint density at radius 1 is 1.41 bits per heavy atom. The number of rotatable bonds is 4. The van der Waals surface area contributed by atoms with Crippen LogP contribution < -0.4 is 10.1 Å². The number of hydrogen-bond donors (Lipinski definition) is 1. The van der Waals surface area contributed by atoms with E-state index in [0.29, 0.717) is 11.9 Å². The van der Waals surface area contributed by atoms with Crippen molar-refractivity contribution in [1.29, 1.82) is 0 Å². The molecule has 0 bridgehead atoms. The molecule has 1 aliphatic rings. The van der Waals surface area contributed by atoms with E-state index in [0.717, 1.165) is 32.4 Å². The van der Waals surface area contributed by atoms with Gasteiger partial charge in [-0.3, -0.25) is 0 Å². The SMILES string of the molecule is CCCc1cnc(O[C@H]2CCNC[C@H]2C)nc1. The first kappa shape index (κ1) is 12.3. The molecule has 2 atom stereocenters. The predicted octanol–water partition coefficient (Wildman–Crippen LogP) is 1.81. The van der Waals surface area contributed by atoms with E-state index in [2.05, 4.69) is 29.1 Å². The molecule has 4 nitrogen and oxygen atoms in total. The number of hydrogen-bond acceptors (Lipinski definition) is 4. The van der Waals surface area contributed by atoms with E-state index in [1.807, 2.05) is 12.4 Å². The molecule has 0 spiro atoms. The lowest BCUT2D eigenvalue weighted by Crippen LogP contribution is -2.41. The van der Waals surface area contributed by atoms with Gasteiger partial charge < -0.3 is 10.1 Å². The maximum Gasteiger partial charge on any atom is 0.316 e. The lowest BCUT2D eigenvalue weighted by Gasteiger charge is -2.28. The highest BCUT2D eigenvalue weighted by atomic mass is 16.5. The Balaban J connectivity index is 1.93. The second kappa shape index (κ2) is 5.96. The molecule has 94 valence electrons. The van der Waals surface area contributed by atoms with Crippen molar-refractivity contribution >= 4 is 0 Å². The molecule has 1 aliphatic heterocycles. The van der Waals surface area contributed by atoms with Crippen molar-refractivity contribution in [2.24, 2.45) is 5.92 Å². The number of aromatic nitrogens is 2. The predicted molar refractivity (Wildman–Crippen MR) is 67.1 cm³/mol.